The molecular weight excluding hydrogens is 356 g/mol. The number of fused-ring (bicyclic) bond motifs is 1. The average molecular weight is 387 g/mol. The number of aliphatic imine (C=N–C) groups is 1. The van der Waals surface area contributed by atoms with Gasteiger partial charge in [-0.3, -0.25) is 4.99 Å². The number of rotatable bonds is 7. The first-order valence-electron chi connectivity index (χ1n) is 9.86. The van der Waals surface area contributed by atoms with Gasteiger partial charge in [-0.2, -0.15) is 5.10 Å². The summed E-state index contributed by atoms with van der Waals surface area (Å²) < 4.78 is 7.62. The van der Waals surface area contributed by atoms with Crippen molar-refractivity contribution in [2.24, 2.45) is 4.99 Å². The highest BCUT2D eigenvalue weighted by Crippen LogP contribution is 2.13. The van der Waals surface area contributed by atoms with Gasteiger partial charge in [0.1, 0.15) is 30.1 Å². The summed E-state index contributed by atoms with van der Waals surface area (Å²) in [6.45, 7) is 7.94. The van der Waals surface area contributed by atoms with Gasteiger partial charge in [-0.1, -0.05) is 12.1 Å². The van der Waals surface area contributed by atoms with Gasteiger partial charge in [-0.25, -0.2) is 9.67 Å². The van der Waals surface area contributed by atoms with Crippen molar-refractivity contribution in [3.8, 4) is 5.75 Å². The molecule has 8 nitrogen and oxygen atoms in total. The number of aliphatic hydroxyl groups excluding tert-OH is 1. The van der Waals surface area contributed by atoms with Crippen molar-refractivity contribution in [3.05, 3.63) is 41.5 Å². The summed E-state index contributed by atoms with van der Waals surface area (Å²) in [5.41, 5.74) is 1.13. The molecule has 28 heavy (non-hydrogen) atoms. The quantitative estimate of drug-likeness (QED) is 0.489. The number of nitrogens with one attached hydrogen (secondary N) is 2. The Morgan fingerprint density at radius 1 is 1.43 bits per heavy atom. The molecule has 0 amide bonds. The van der Waals surface area contributed by atoms with E-state index in [1.165, 1.54) is 0 Å². The highest BCUT2D eigenvalue weighted by atomic mass is 16.5. The number of aliphatic hydroxyl groups is 1. The molecule has 1 aromatic carbocycles. The van der Waals surface area contributed by atoms with Gasteiger partial charge in [-0.05, 0) is 44.9 Å². The van der Waals surface area contributed by atoms with Crippen molar-refractivity contribution in [3.63, 3.8) is 0 Å². The molecule has 0 saturated carbocycles. The Hall–Kier alpha value is -2.61. The van der Waals surface area contributed by atoms with Gasteiger partial charge in [0.25, 0.3) is 0 Å². The number of aromatic nitrogens is 3. The molecule has 152 valence electrons. The van der Waals surface area contributed by atoms with E-state index in [2.05, 4.69) is 25.7 Å². The van der Waals surface area contributed by atoms with Gasteiger partial charge in [-0.15, -0.1) is 0 Å². The summed E-state index contributed by atoms with van der Waals surface area (Å²) in [4.78, 5) is 8.96. The summed E-state index contributed by atoms with van der Waals surface area (Å²) in [6.07, 6.45) is 1.19. The first-order valence-corrected chi connectivity index (χ1v) is 9.86. The van der Waals surface area contributed by atoms with E-state index >= 15 is 0 Å². The van der Waals surface area contributed by atoms with Crippen LogP contribution in [0.2, 0.25) is 0 Å². The SMILES string of the molecule is CCNC(=NCC(O)COc1cccc(C)c1)NC1CCc2nc(C)nn2C1. The Morgan fingerprint density at radius 3 is 3.07 bits per heavy atom. The molecule has 0 aliphatic carbocycles. The number of benzene rings is 1. The van der Waals surface area contributed by atoms with Gasteiger partial charge in [0.15, 0.2) is 5.96 Å². The van der Waals surface area contributed by atoms with E-state index in [-0.39, 0.29) is 19.2 Å². The van der Waals surface area contributed by atoms with Crippen molar-refractivity contribution in [1.29, 1.82) is 0 Å². The van der Waals surface area contributed by atoms with Gasteiger partial charge in [0, 0.05) is 19.0 Å². The van der Waals surface area contributed by atoms with Crippen molar-refractivity contribution >= 4 is 5.96 Å². The second-order valence-corrected chi connectivity index (χ2v) is 7.14. The molecule has 0 spiro atoms. The van der Waals surface area contributed by atoms with Crippen LogP contribution in [0.3, 0.4) is 0 Å². The van der Waals surface area contributed by atoms with Crippen molar-refractivity contribution in [2.75, 3.05) is 19.7 Å². The molecule has 3 rings (SSSR count). The monoisotopic (exact) mass is 386 g/mol. The lowest BCUT2D eigenvalue weighted by Crippen LogP contribution is -2.47. The lowest BCUT2D eigenvalue weighted by atomic mass is 10.1. The van der Waals surface area contributed by atoms with Crippen LogP contribution in [0.15, 0.2) is 29.3 Å². The maximum atomic E-state index is 10.2. The van der Waals surface area contributed by atoms with Crippen molar-refractivity contribution in [1.82, 2.24) is 25.4 Å². The van der Waals surface area contributed by atoms with E-state index in [1.807, 2.05) is 49.7 Å². The molecule has 8 heteroatoms. The van der Waals surface area contributed by atoms with Crippen molar-refractivity contribution < 1.29 is 9.84 Å². The van der Waals surface area contributed by atoms with Crippen LogP contribution >= 0.6 is 0 Å². The van der Waals surface area contributed by atoms with E-state index in [9.17, 15) is 5.11 Å². The fraction of sp³-hybridized carbons (Fsp3) is 0.550. The van der Waals surface area contributed by atoms with Crippen LogP contribution in [0.5, 0.6) is 5.75 Å². The third kappa shape index (κ3) is 5.69. The molecule has 0 saturated heterocycles. The van der Waals surface area contributed by atoms with E-state index in [0.717, 1.165) is 48.9 Å². The normalized spacial score (nSPS) is 17.7. The van der Waals surface area contributed by atoms with Gasteiger partial charge < -0.3 is 20.5 Å². The molecule has 2 atom stereocenters. The van der Waals surface area contributed by atoms with Crippen LogP contribution in [0, 0.1) is 13.8 Å². The number of guanidine groups is 1. The zero-order chi connectivity index (χ0) is 19.9. The van der Waals surface area contributed by atoms with E-state index < -0.39 is 6.10 Å². The lowest BCUT2D eigenvalue weighted by Gasteiger charge is -2.25. The molecule has 0 fully saturated rings. The zero-order valence-corrected chi connectivity index (χ0v) is 16.9. The number of ether oxygens (including phenoxy) is 1. The van der Waals surface area contributed by atoms with Crippen LogP contribution in [-0.4, -0.2) is 57.7 Å². The maximum Gasteiger partial charge on any atom is 0.191 e. The zero-order valence-electron chi connectivity index (χ0n) is 16.9. The number of nitrogens with zero attached hydrogens (tertiary/aromatic N) is 4. The van der Waals surface area contributed by atoms with Crippen LogP contribution < -0.4 is 15.4 Å². The third-order valence-electron chi connectivity index (χ3n) is 4.54. The molecular formula is C20H30N6O2. The van der Waals surface area contributed by atoms with Crippen LogP contribution in [-0.2, 0) is 13.0 Å². The Labute approximate surface area is 166 Å². The second-order valence-electron chi connectivity index (χ2n) is 7.14. The first kappa shape index (κ1) is 20.1. The minimum Gasteiger partial charge on any atom is -0.491 e. The number of hydrogen-bond acceptors (Lipinski definition) is 5. The molecule has 3 N–H and O–H groups in total. The summed E-state index contributed by atoms with van der Waals surface area (Å²) >= 11 is 0. The smallest absolute Gasteiger partial charge is 0.191 e. The molecule has 0 radical (unpaired) electrons. The standard InChI is InChI=1S/C20H30N6O2/c1-4-21-20(24-16-8-9-19-23-15(3)25-26(19)12-16)22-11-17(27)13-28-18-7-5-6-14(2)10-18/h5-7,10,16-17,27H,4,8-9,11-13H2,1-3H3,(H2,21,22,24). The Bertz CT molecular complexity index is 804. The minimum absolute atomic E-state index is 0.206. The van der Waals surface area contributed by atoms with Crippen molar-refractivity contribution in [2.45, 2.75) is 52.3 Å². The summed E-state index contributed by atoms with van der Waals surface area (Å²) in [5, 5.41) is 21.3. The Balaban J connectivity index is 1.50. The van der Waals surface area contributed by atoms with Crippen LogP contribution in [0.1, 0.15) is 30.6 Å². The molecule has 2 aromatic rings. The molecule has 1 aliphatic rings. The second kappa shape index (κ2) is 9.54. The fourth-order valence-corrected chi connectivity index (χ4v) is 3.21. The Kier molecular flexibility index (Phi) is 6.86. The van der Waals surface area contributed by atoms with Gasteiger partial charge in [0.2, 0.25) is 0 Å². The largest absolute Gasteiger partial charge is 0.491 e. The summed E-state index contributed by atoms with van der Waals surface area (Å²) in [5.74, 6) is 3.31. The highest BCUT2D eigenvalue weighted by Gasteiger charge is 2.21. The predicted octanol–water partition coefficient (Wildman–Crippen LogP) is 1.20. The third-order valence-corrected chi connectivity index (χ3v) is 4.54. The van der Waals surface area contributed by atoms with E-state index in [0.29, 0.717) is 5.96 Å². The summed E-state index contributed by atoms with van der Waals surface area (Å²) in [7, 11) is 0. The number of hydrogen-bond donors (Lipinski definition) is 3. The van der Waals surface area contributed by atoms with E-state index in [4.69, 9.17) is 4.74 Å². The van der Waals surface area contributed by atoms with Crippen LogP contribution in [0.4, 0.5) is 0 Å². The topological polar surface area (TPSA) is 96.6 Å². The Morgan fingerprint density at radius 2 is 2.29 bits per heavy atom. The maximum absolute atomic E-state index is 10.2. The summed E-state index contributed by atoms with van der Waals surface area (Å²) in [6, 6.07) is 8.01. The minimum atomic E-state index is -0.674. The molecule has 0 bridgehead atoms. The molecule has 1 aromatic heterocycles. The molecule has 1 aliphatic heterocycles. The molecule has 2 heterocycles. The van der Waals surface area contributed by atoms with Crippen LogP contribution in [0.25, 0.3) is 0 Å². The highest BCUT2D eigenvalue weighted by molar-refractivity contribution is 5.80. The average Bonchev–Trinajstić information content (AvgIpc) is 3.04. The first-order chi connectivity index (χ1) is 13.5. The number of aryl methyl sites for hydroxylation is 3. The lowest BCUT2D eigenvalue weighted by molar-refractivity contribution is 0.114. The van der Waals surface area contributed by atoms with Gasteiger partial charge >= 0.3 is 0 Å². The predicted molar refractivity (Wildman–Crippen MR) is 109 cm³/mol. The molecule has 2 unspecified atom stereocenters. The van der Waals surface area contributed by atoms with Gasteiger partial charge in [0.05, 0.1) is 13.1 Å². The van der Waals surface area contributed by atoms with E-state index in [1.54, 1.807) is 0 Å². The fourth-order valence-electron chi connectivity index (χ4n) is 3.21.